The smallest absolute Gasteiger partial charge is 0.297 e. The monoisotopic (exact) mass is 296 g/mol. The Morgan fingerprint density at radius 3 is 3.05 bits per heavy atom. The lowest BCUT2D eigenvalue weighted by Gasteiger charge is -2.24. The molecule has 19 heavy (non-hydrogen) atoms. The normalized spacial score (nSPS) is 18.3. The van der Waals surface area contributed by atoms with E-state index >= 15 is 0 Å². The largest absolute Gasteiger partial charge is 0.330 e. The molecule has 1 aliphatic carbocycles. The van der Waals surface area contributed by atoms with Gasteiger partial charge in [-0.1, -0.05) is 11.6 Å². The van der Waals surface area contributed by atoms with Crippen LogP contribution in [-0.4, -0.2) is 9.55 Å². The Balaban J connectivity index is 2.24. The van der Waals surface area contributed by atoms with Crippen molar-refractivity contribution in [2.24, 2.45) is 0 Å². The number of aryl methyl sites for hydroxylation is 1. The molecule has 1 aliphatic rings. The lowest BCUT2D eigenvalue weighted by atomic mass is 9.94. The molecule has 0 fully saturated rings. The highest BCUT2D eigenvalue weighted by Crippen LogP contribution is 2.34. The van der Waals surface area contributed by atoms with Crippen LogP contribution in [0.2, 0.25) is 5.15 Å². The minimum absolute atomic E-state index is 0.132. The van der Waals surface area contributed by atoms with Gasteiger partial charge in [0.25, 0.3) is 5.56 Å². The maximum atomic E-state index is 12.3. The van der Waals surface area contributed by atoms with Gasteiger partial charge in [-0.3, -0.25) is 14.3 Å². The van der Waals surface area contributed by atoms with Gasteiger partial charge in [0.2, 0.25) is 0 Å². The number of aromatic nitrogens is 2. The Hall–Kier alpha value is -1.33. The minimum Gasteiger partial charge on any atom is -0.297 e. The zero-order valence-electron chi connectivity index (χ0n) is 10.4. The molecule has 0 aliphatic heterocycles. The van der Waals surface area contributed by atoms with E-state index in [1.54, 1.807) is 18.3 Å². The summed E-state index contributed by atoms with van der Waals surface area (Å²) in [5.41, 5.74) is 0.775. The standard InChI is InChI=1S/C13H13ClN2O2S/c1-7-11(14)15-13(18)16(12(7)17)9-3-2-4-10-8(9)5-6-19-10/h5-6,9H,2-4H2,1H3,(H,15,18). The van der Waals surface area contributed by atoms with Gasteiger partial charge in [-0.15, -0.1) is 11.3 Å². The first kappa shape index (κ1) is 12.7. The molecule has 0 saturated carbocycles. The SMILES string of the molecule is Cc1c(Cl)[nH]c(=O)n(C2CCCc3sccc32)c1=O. The van der Waals surface area contributed by atoms with Crippen molar-refractivity contribution in [3.63, 3.8) is 0 Å². The van der Waals surface area contributed by atoms with Crippen LogP contribution in [0.25, 0.3) is 0 Å². The first-order chi connectivity index (χ1) is 9.09. The summed E-state index contributed by atoms with van der Waals surface area (Å²) in [4.78, 5) is 28.2. The van der Waals surface area contributed by atoms with E-state index in [0.717, 1.165) is 24.8 Å². The molecular formula is C13H13ClN2O2S. The molecule has 2 aromatic rings. The Bertz CT molecular complexity index is 744. The van der Waals surface area contributed by atoms with Gasteiger partial charge in [0.05, 0.1) is 6.04 Å². The third-order valence-electron chi connectivity index (χ3n) is 3.64. The maximum absolute atomic E-state index is 12.3. The van der Waals surface area contributed by atoms with Crippen molar-refractivity contribution >= 4 is 22.9 Å². The van der Waals surface area contributed by atoms with Crippen molar-refractivity contribution in [1.82, 2.24) is 9.55 Å². The average molecular weight is 297 g/mol. The summed E-state index contributed by atoms with van der Waals surface area (Å²) in [6.07, 6.45) is 2.84. The molecule has 6 heteroatoms. The summed E-state index contributed by atoms with van der Waals surface area (Å²) < 4.78 is 1.31. The van der Waals surface area contributed by atoms with Crippen molar-refractivity contribution in [2.45, 2.75) is 32.2 Å². The molecule has 4 nitrogen and oxygen atoms in total. The first-order valence-corrected chi connectivity index (χ1v) is 7.42. The van der Waals surface area contributed by atoms with Crippen LogP contribution in [0.3, 0.4) is 0 Å². The van der Waals surface area contributed by atoms with Gasteiger partial charge in [-0.2, -0.15) is 0 Å². The molecule has 0 amide bonds. The molecule has 3 rings (SSSR count). The van der Waals surface area contributed by atoms with E-state index < -0.39 is 5.69 Å². The van der Waals surface area contributed by atoms with Gasteiger partial charge in [0.1, 0.15) is 5.15 Å². The summed E-state index contributed by atoms with van der Waals surface area (Å²) >= 11 is 7.53. The summed E-state index contributed by atoms with van der Waals surface area (Å²) in [5.74, 6) is 0. The highest BCUT2D eigenvalue weighted by Gasteiger charge is 2.26. The molecule has 0 saturated heterocycles. The molecule has 2 aromatic heterocycles. The topological polar surface area (TPSA) is 54.9 Å². The number of thiophene rings is 1. The van der Waals surface area contributed by atoms with Crippen LogP contribution in [-0.2, 0) is 6.42 Å². The van der Waals surface area contributed by atoms with E-state index in [9.17, 15) is 9.59 Å². The highest BCUT2D eigenvalue weighted by atomic mass is 35.5. The predicted molar refractivity (Wildman–Crippen MR) is 76.5 cm³/mol. The number of rotatable bonds is 1. The van der Waals surface area contributed by atoms with E-state index in [0.29, 0.717) is 5.56 Å². The third kappa shape index (κ3) is 1.97. The summed E-state index contributed by atoms with van der Waals surface area (Å²) in [6.45, 7) is 1.63. The fourth-order valence-corrected chi connectivity index (χ4v) is 3.77. The number of hydrogen-bond donors (Lipinski definition) is 1. The lowest BCUT2D eigenvalue weighted by molar-refractivity contribution is 0.463. The Morgan fingerprint density at radius 2 is 2.26 bits per heavy atom. The van der Waals surface area contributed by atoms with E-state index in [-0.39, 0.29) is 16.8 Å². The zero-order valence-corrected chi connectivity index (χ0v) is 12.0. The Morgan fingerprint density at radius 1 is 1.47 bits per heavy atom. The quantitative estimate of drug-likeness (QED) is 0.822. The van der Waals surface area contributed by atoms with E-state index in [4.69, 9.17) is 11.6 Å². The van der Waals surface area contributed by atoms with Crippen LogP contribution in [0, 0.1) is 6.92 Å². The van der Waals surface area contributed by atoms with Crippen LogP contribution in [0.5, 0.6) is 0 Å². The second-order valence-electron chi connectivity index (χ2n) is 4.75. The first-order valence-electron chi connectivity index (χ1n) is 6.16. The van der Waals surface area contributed by atoms with Gasteiger partial charge in [0.15, 0.2) is 0 Å². The van der Waals surface area contributed by atoms with Crippen molar-refractivity contribution in [1.29, 1.82) is 0 Å². The number of nitrogens with zero attached hydrogens (tertiary/aromatic N) is 1. The van der Waals surface area contributed by atoms with Crippen molar-refractivity contribution in [3.05, 3.63) is 53.4 Å². The number of nitrogens with one attached hydrogen (secondary N) is 1. The van der Waals surface area contributed by atoms with E-state index in [1.807, 2.05) is 11.4 Å². The van der Waals surface area contributed by atoms with Gasteiger partial charge in [-0.05, 0) is 43.2 Å². The molecule has 100 valence electrons. The van der Waals surface area contributed by atoms with Crippen LogP contribution in [0.4, 0.5) is 0 Å². The number of halogens is 1. The highest BCUT2D eigenvalue weighted by molar-refractivity contribution is 7.10. The fraction of sp³-hybridized carbons (Fsp3) is 0.385. The predicted octanol–water partition coefficient (Wildman–Crippen LogP) is 2.49. The molecule has 0 bridgehead atoms. The number of hydrogen-bond acceptors (Lipinski definition) is 3. The summed E-state index contributed by atoms with van der Waals surface area (Å²) in [5, 5.41) is 2.15. The van der Waals surface area contributed by atoms with Crippen LogP contribution in [0.1, 0.15) is 34.9 Å². The molecule has 1 N–H and O–H groups in total. The fourth-order valence-electron chi connectivity index (χ4n) is 2.63. The number of H-pyrrole nitrogens is 1. The summed E-state index contributed by atoms with van der Waals surface area (Å²) in [7, 11) is 0. The molecule has 0 radical (unpaired) electrons. The lowest BCUT2D eigenvalue weighted by Crippen LogP contribution is -2.40. The van der Waals surface area contributed by atoms with Gasteiger partial charge in [-0.25, -0.2) is 4.79 Å². The van der Waals surface area contributed by atoms with Crippen LogP contribution < -0.4 is 11.2 Å². The van der Waals surface area contributed by atoms with E-state index in [1.165, 1.54) is 9.44 Å². The van der Waals surface area contributed by atoms with Gasteiger partial charge in [0, 0.05) is 10.4 Å². The number of aromatic amines is 1. The van der Waals surface area contributed by atoms with Crippen molar-refractivity contribution < 1.29 is 0 Å². The van der Waals surface area contributed by atoms with E-state index in [2.05, 4.69) is 4.98 Å². The molecule has 0 aromatic carbocycles. The van der Waals surface area contributed by atoms with Gasteiger partial charge >= 0.3 is 5.69 Å². The molecule has 2 heterocycles. The second-order valence-corrected chi connectivity index (χ2v) is 6.13. The van der Waals surface area contributed by atoms with Crippen LogP contribution in [0.15, 0.2) is 21.0 Å². The van der Waals surface area contributed by atoms with Crippen molar-refractivity contribution in [2.75, 3.05) is 0 Å². The second kappa shape index (κ2) is 4.65. The summed E-state index contributed by atoms with van der Waals surface area (Å²) in [6, 6.07) is 1.85. The average Bonchev–Trinajstić information content (AvgIpc) is 2.85. The Kier molecular flexibility index (Phi) is 3.11. The molecular weight excluding hydrogens is 284 g/mol. The Labute approximate surface area is 118 Å². The van der Waals surface area contributed by atoms with Gasteiger partial charge < -0.3 is 0 Å². The molecule has 0 spiro atoms. The molecule has 1 atom stereocenters. The minimum atomic E-state index is -0.426. The third-order valence-corrected chi connectivity index (χ3v) is 5.01. The van der Waals surface area contributed by atoms with Crippen LogP contribution >= 0.6 is 22.9 Å². The maximum Gasteiger partial charge on any atom is 0.330 e. The number of fused-ring (bicyclic) bond motifs is 1. The van der Waals surface area contributed by atoms with Crippen molar-refractivity contribution in [3.8, 4) is 0 Å². The molecule has 1 unspecified atom stereocenters. The zero-order chi connectivity index (χ0) is 13.6.